The molecule has 13 nitrogen and oxygen atoms in total. The molecule has 0 aliphatic carbocycles. The van der Waals surface area contributed by atoms with Crippen LogP contribution in [0, 0.1) is 0 Å². The van der Waals surface area contributed by atoms with Crippen LogP contribution in [0.1, 0.15) is 40.0 Å². The number of likely N-dealkylation sites (tertiary alicyclic amines) is 1. The molecule has 4 heterocycles. The van der Waals surface area contributed by atoms with E-state index in [1.165, 1.54) is 30.5 Å². The van der Waals surface area contributed by atoms with E-state index in [0.29, 0.717) is 37.1 Å². The van der Waals surface area contributed by atoms with Crippen LogP contribution >= 0.6 is 0 Å². The summed E-state index contributed by atoms with van der Waals surface area (Å²) in [5.74, 6) is 1.17. The Balaban J connectivity index is 1.34. The molecule has 5 atom stereocenters. The Morgan fingerprint density at radius 1 is 1.12 bits per heavy atom. The van der Waals surface area contributed by atoms with Crippen LogP contribution in [0.3, 0.4) is 0 Å². The molecule has 1 unspecified atom stereocenters. The van der Waals surface area contributed by atoms with Crippen molar-refractivity contribution in [1.82, 2.24) is 29.7 Å². The highest BCUT2D eigenvalue weighted by Crippen LogP contribution is 2.25. The molecular weight excluding hydrogens is 521 g/mol. The maximum atomic E-state index is 15.0. The highest BCUT2D eigenvalue weighted by atomic mass is 19.1. The van der Waals surface area contributed by atoms with Crippen LogP contribution in [0.4, 0.5) is 31.6 Å². The van der Waals surface area contributed by atoms with Crippen molar-refractivity contribution >= 4 is 29.7 Å². The fourth-order valence-electron chi connectivity index (χ4n) is 4.98. The molecule has 3 amide bonds. The standard InChI is InChI=1S/C26H38FN9O4/c1-6-39-23-14-29-22(13-30-23)32-25(37)35(5)20-15-36(10-8-19(20)27)24-28-9-7-21(31-24)33-26(38)40-18-11-16(2)34(4)17(3)12-18/h7,9,13-14,16-20H,6,8,10-12,15H2,1-5H3,(H,29,32,37)(H,28,31,33,38)/t16-,17+,18?,19-,20+/m1/s1. The number of aromatic nitrogens is 4. The van der Waals surface area contributed by atoms with Crippen LogP contribution in [-0.2, 0) is 4.74 Å². The van der Waals surface area contributed by atoms with Gasteiger partial charge >= 0.3 is 12.1 Å². The monoisotopic (exact) mass is 559 g/mol. The van der Waals surface area contributed by atoms with Crippen molar-refractivity contribution in [2.45, 2.75) is 70.4 Å². The Labute approximate surface area is 233 Å². The summed E-state index contributed by atoms with van der Waals surface area (Å²) in [6.07, 6.45) is 4.01. The number of halogens is 1. The molecule has 0 spiro atoms. The molecule has 4 rings (SSSR count). The SMILES string of the molecule is CCOc1cnc(NC(=O)N(C)[C@H]2CN(c3nccc(NC(=O)OC4C[C@@H](C)N(C)[C@@H](C)C4)n3)CC[C@H]2F)cn1. The molecule has 40 heavy (non-hydrogen) atoms. The predicted molar refractivity (Wildman–Crippen MR) is 147 cm³/mol. The Kier molecular flexibility index (Phi) is 9.50. The molecule has 218 valence electrons. The van der Waals surface area contributed by atoms with Crippen LogP contribution in [0.25, 0.3) is 0 Å². The quantitative estimate of drug-likeness (QED) is 0.520. The molecular formula is C26H38FN9O4. The number of alkyl halides is 1. The number of urea groups is 1. The van der Waals surface area contributed by atoms with Crippen molar-refractivity contribution in [1.29, 1.82) is 0 Å². The van der Waals surface area contributed by atoms with Crippen molar-refractivity contribution in [2.24, 2.45) is 0 Å². The molecule has 0 radical (unpaired) electrons. The molecule has 2 aliphatic heterocycles. The molecule has 0 aromatic carbocycles. The number of carbonyl (C=O) groups is 2. The van der Waals surface area contributed by atoms with Crippen LogP contribution in [0.5, 0.6) is 5.88 Å². The molecule has 0 saturated carbocycles. The highest BCUT2D eigenvalue weighted by Gasteiger charge is 2.36. The molecule has 2 N–H and O–H groups in total. The maximum absolute atomic E-state index is 15.0. The minimum atomic E-state index is -1.24. The lowest BCUT2D eigenvalue weighted by Gasteiger charge is -2.39. The summed E-state index contributed by atoms with van der Waals surface area (Å²) < 4.78 is 25.9. The summed E-state index contributed by atoms with van der Waals surface area (Å²) in [4.78, 5) is 47.7. The van der Waals surface area contributed by atoms with E-state index in [-0.39, 0.29) is 30.7 Å². The number of hydrogen-bond acceptors (Lipinski definition) is 10. The molecule has 2 aromatic heterocycles. The zero-order valence-electron chi connectivity index (χ0n) is 23.6. The van der Waals surface area contributed by atoms with Crippen LogP contribution in [-0.4, -0.2) is 106 Å². The van der Waals surface area contributed by atoms with Gasteiger partial charge in [-0.1, -0.05) is 0 Å². The van der Waals surface area contributed by atoms with Gasteiger partial charge < -0.3 is 24.2 Å². The van der Waals surface area contributed by atoms with Gasteiger partial charge in [-0.15, -0.1) is 0 Å². The third-order valence-electron chi connectivity index (χ3n) is 7.50. The minimum absolute atomic E-state index is 0.166. The Bertz CT molecular complexity index is 1150. The summed E-state index contributed by atoms with van der Waals surface area (Å²) >= 11 is 0. The zero-order valence-corrected chi connectivity index (χ0v) is 23.6. The van der Waals surface area contributed by atoms with E-state index < -0.39 is 24.3 Å². The number of nitrogens with one attached hydrogen (secondary N) is 2. The zero-order chi connectivity index (χ0) is 28.8. The second-order valence-electron chi connectivity index (χ2n) is 10.3. The summed E-state index contributed by atoms with van der Waals surface area (Å²) in [7, 11) is 3.60. The van der Waals surface area contributed by atoms with Gasteiger partial charge in [-0.3, -0.25) is 10.6 Å². The molecule has 2 aliphatic rings. The molecule has 0 bridgehead atoms. The first kappa shape index (κ1) is 29.2. The molecule has 2 aromatic rings. The Morgan fingerprint density at radius 2 is 1.88 bits per heavy atom. The average Bonchev–Trinajstić information content (AvgIpc) is 2.93. The summed E-state index contributed by atoms with van der Waals surface area (Å²) in [6.45, 7) is 7.03. The van der Waals surface area contributed by atoms with Gasteiger partial charge in [0.2, 0.25) is 11.8 Å². The highest BCUT2D eigenvalue weighted by molar-refractivity contribution is 5.88. The fourth-order valence-corrected chi connectivity index (χ4v) is 4.98. The van der Waals surface area contributed by atoms with Gasteiger partial charge in [0.25, 0.3) is 0 Å². The Morgan fingerprint density at radius 3 is 2.55 bits per heavy atom. The van der Waals surface area contributed by atoms with Crippen molar-refractivity contribution < 1.29 is 23.5 Å². The van der Waals surface area contributed by atoms with Crippen LogP contribution in [0.15, 0.2) is 24.7 Å². The number of nitrogens with zero attached hydrogens (tertiary/aromatic N) is 7. The van der Waals surface area contributed by atoms with Gasteiger partial charge in [0, 0.05) is 38.4 Å². The van der Waals surface area contributed by atoms with Gasteiger partial charge in [-0.25, -0.2) is 28.9 Å². The van der Waals surface area contributed by atoms with Gasteiger partial charge in [-0.05, 0) is 53.1 Å². The number of hydrogen-bond donors (Lipinski definition) is 2. The first-order valence-electron chi connectivity index (χ1n) is 13.5. The summed E-state index contributed by atoms with van der Waals surface area (Å²) in [5.41, 5.74) is 0. The number of piperidine rings is 2. The smallest absolute Gasteiger partial charge is 0.413 e. The van der Waals surface area contributed by atoms with Crippen molar-refractivity contribution in [3.63, 3.8) is 0 Å². The second-order valence-corrected chi connectivity index (χ2v) is 10.3. The number of ether oxygens (including phenoxy) is 2. The lowest BCUT2D eigenvalue weighted by atomic mass is 9.96. The number of likely N-dealkylation sites (N-methyl/N-ethyl adjacent to an activating group) is 1. The van der Waals surface area contributed by atoms with Gasteiger partial charge in [0.05, 0.1) is 25.0 Å². The van der Waals surface area contributed by atoms with Crippen molar-refractivity contribution in [2.75, 3.05) is 49.3 Å². The first-order valence-corrected chi connectivity index (χ1v) is 13.5. The van der Waals surface area contributed by atoms with Crippen molar-refractivity contribution in [3.05, 3.63) is 24.7 Å². The lowest BCUT2D eigenvalue weighted by Crippen LogP contribution is -2.55. The van der Waals surface area contributed by atoms with Gasteiger partial charge in [0.1, 0.15) is 18.1 Å². The topological polar surface area (TPSA) is 138 Å². The van der Waals surface area contributed by atoms with Gasteiger partial charge in [-0.2, -0.15) is 4.98 Å². The number of anilines is 3. The van der Waals surface area contributed by atoms with Crippen molar-refractivity contribution in [3.8, 4) is 5.88 Å². The summed E-state index contributed by atoms with van der Waals surface area (Å²) in [6, 6.07) is 0.912. The normalized spacial score (nSPS) is 25.1. The maximum Gasteiger partial charge on any atom is 0.413 e. The van der Waals surface area contributed by atoms with E-state index in [4.69, 9.17) is 9.47 Å². The van der Waals surface area contributed by atoms with E-state index in [0.717, 1.165) is 12.8 Å². The average molecular weight is 560 g/mol. The molecule has 14 heteroatoms. The number of amides is 3. The van der Waals surface area contributed by atoms with E-state index in [1.54, 1.807) is 11.0 Å². The largest absolute Gasteiger partial charge is 0.477 e. The first-order chi connectivity index (χ1) is 19.1. The predicted octanol–water partition coefficient (Wildman–Crippen LogP) is 3.17. The summed E-state index contributed by atoms with van der Waals surface area (Å²) in [5, 5.41) is 5.32. The molecule has 2 fully saturated rings. The fraction of sp³-hybridized carbons (Fsp3) is 0.615. The third-order valence-corrected chi connectivity index (χ3v) is 7.50. The minimum Gasteiger partial charge on any atom is -0.477 e. The van der Waals surface area contributed by atoms with Crippen LogP contribution in [0.2, 0.25) is 0 Å². The third kappa shape index (κ3) is 7.23. The second kappa shape index (κ2) is 13.0. The van der Waals surface area contributed by atoms with E-state index in [9.17, 15) is 14.0 Å². The Hall–Kier alpha value is -3.81. The lowest BCUT2D eigenvalue weighted by molar-refractivity contribution is 0.0178. The van der Waals surface area contributed by atoms with Gasteiger partial charge in [0.15, 0.2) is 5.82 Å². The van der Waals surface area contributed by atoms with E-state index in [2.05, 4.69) is 56.4 Å². The molecule has 2 saturated heterocycles. The van der Waals surface area contributed by atoms with E-state index >= 15 is 0 Å². The van der Waals surface area contributed by atoms with E-state index in [1.807, 2.05) is 6.92 Å². The number of carbonyl (C=O) groups excluding carboxylic acids is 2. The van der Waals surface area contributed by atoms with Crippen LogP contribution < -0.4 is 20.3 Å². The number of rotatable bonds is 7.